The van der Waals surface area contributed by atoms with E-state index in [1.165, 1.54) is 24.1 Å². The smallest absolute Gasteiger partial charge is 0.0956 e. The van der Waals surface area contributed by atoms with Crippen molar-refractivity contribution in [2.45, 2.75) is 43.7 Å². The van der Waals surface area contributed by atoms with Gasteiger partial charge in [-0.05, 0) is 43.4 Å². The van der Waals surface area contributed by atoms with Crippen LogP contribution in [0.1, 0.15) is 31.2 Å². The molecule has 0 aliphatic carbocycles. The molecule has 2 saturated heterocycles. The lowest BCUT2D eigenvalue weighted by atomic mass is 9.87. The van der Waals surface area contributed by atoms with Gasteiger partial charge >= 0.3 is 0 Å². The lowest BCUT2D eigenvalue weighted by Gasteiger charge is -2.45. The third-order valence-electron chi connectivity index (χ3n) is 5.24. The Hall–Kier alpha value is -1.26. The van der Waals surface area contributed by atoms with Crippen LogP contribution in [0, 0.1) is 0 Å². The topological polar surface area (TPSA) is 47.7 Å². The maximum absolute atomic E-state index is 6.08. The summed E-state index contributed by atoms with van der Waals surface area (Å²) in [6.45, 7) is 3.59. The van der Waals surface area contributed by atoms with Crippen molar-refractivity contribution in [2.24, 2.45) is 0 Å². The van der Waals surface area contributed by atoms with E-state index >= 15 is 0 Å². The van der Waals surface area contributed by atoms with Gasteiger partial charge in [-0.2, -0.15) is 0 Å². The molecule has 21 heavy (non-hydrogen) atoms. The van der Waals surface area contributed by atoms with E-state index < -0.39 is 0 Å². The van der Waals surface area contributed by atoms with Crippen molar-refractivity contribution in [3.8, 4) is 0 Å². The number of rotatable bonds is 1. The summed E-state index contributed by atoms with van der Waals surface area (Å²) in [4.78, 5) is 2.58. The largest absolute Gasteiger partial charge is 0.399 e. The van der Waals surface area contributed by atoms with Crippen molar-refractivity contribution in [1.29, 1.82) is 0 Å². The van der Waals surface area contributed by atoms with Crippen LogP contribution in [-0.4, -0.2) is 38.0 Å². The zero-order chi connectivity index (χ0) is 14.3. The zero-order valence-corrected chi connectivity index (χ0v) is 12.5. The number of nitrogen functional groups attached to an aromatic ring is 1. The second-order valence-corrected chi connectivity index (χ2v) is 6.67. The van der Waals surface area contributed by atoms with E-state index in [0.29, 0.717) is 6.04 Å². The SMILES string of the molecule is Nc1ccc2c(c1)N(C1CCOC3(CCOC3)C1)CCC2. The summed E-state index contributed by atoms with van der Waals surface area (Å²) in [6.07, 6.45) is 5.64. The standard InChI is InChI=1S/C17H24N2O2/c18-14-4-3-13-2-1-7-19(16(13)10-14)15-5-8-21-17(11-15)6-9-20-12-17/h3-4,10,15H,1-2,5-9,11-12,18H2. The summed E-state index contributed by atoms with van der Waals surface area (Å²) >= 11 is 0. The Balaban J connectivity index is 1.61. The van der Waals surface area contributed by atoms with Gasteiger partial charge in [0.25, 0.3) is 0 Å². The first-order valence-electron chi connectivity index (χ1n) is 8.13. The van der Waals surface area contributed by atoms with Gasteiger partial charge in [0.15, 0.2) is 0 Å². The highest BCUT2D eigenvalue weighted by Gasteiger charge is 2.43. The number of ether oxygens (including phenoxy) is 2. The van der Waals surface area contributed by atoms with Crippen molar-refractivity contribution >= 4 is 11.4 Å². The molecule has 2 N–H and O–H groups in total. The fourth-order valence-corrected chi connectivity index (χ4v) is 4.13. The maximum Gasteiger partial charge on any atom is 0.0956 e. The molecule has 4 heteroatoms. The molecule has 2 fully saturated rings. The van der Waals surface area contributed by atoms with E-state index in [1.54, 1.807) is 0 Å². The van der Waals surface area contributed by atoms with Gasteiger partial charge in [-0.15, -0.1) is 0 Å². The lowest BCUT2D eigenvalue weighted by molar-refractivity contribution is -0.0860. The monoisotopic (exact) mass is 288 g/mol. The third-order valence-corrected chi connectivity index (χ3v) is 5.24. The van der Waals surface area contributed by atoms with E-state index in [0.717, 1.165) is 51.3 Å². The van der Waals surface area contributed by atoms with Crippen molar-refractivity contribution < 1.29 is 9.47 Å². The molecule has 2 unspecified atom stereocenters. The van der Waals surface area contributed by atoms with Crippen molar-refractivity contribution in [3.63, 3.8) is 0 Å². The Morgan fingerprint density at radius 3 is 3.10 bits per heavy atom. The second kappa shape index (κ2) is 5.18. The molecule has 3 heterocycles. The second-order valence-electron chi connectivity index (χ2n) is 6.67. The number of anilines is 2. The van der Waals surface area contributed by atoms with Crippen LogP contribution in [0.3, 0.4) is 0 Å². The van der Waals surface area contributed by atoms with Crippen molar-refractivity contribution in [2.75, 3.05) is 37.0 Å². The van der Waals surface area contributed by atoms with Crippen LogP contribution in [0.2, 0.25) is 0 Å². The van der Waals surface area contributed by atoms with E-state index in [2.05, 4.69) is 17.0 Å². The van der Waals surface area contributed by atoms with Gasteiger partial charge in [-0.25, -0.2) is 0 Å². The molecule has 0 saturated carbocycles. The first-order valence-corrected chi connectivity index (χ1v) is 8.13. The van der Waals surface area contributed by atoms with Crippen LogP contribution < -0.4 is 10.6 Å². The van der Waals surface area contributed by atoms with E-state index in [-0.39, 0.29) is 5.60 Å². The summed E-state index contributed by atoms with van der Waals surface area (Å²) in [7, 11) is 0. The minimum Gasteiger partial charge on any atom is -0.399 e. The maximum atomic E-state index is 6.08. The zero-order valence-electron chi connectivity index (χ0n) is 12.5. The first-order chi connectivity index (χ1) is 10.3. The number of benzene rings is 1. The van der Waals surface area contributed by atoms with E-state index in [4.69, 9.17) is 15.2 Å². The summed E-state index contributed by atoms with van der Waals surface area (Å²) in [5.41, 5.74) is 9.65. The molecule has 1 spiro atoms. The number of hydrogen-bond donors (Lipinski definition) is 1. The number of aryl methyl sites for hydroxylation is 1. The molecule has 1 aromatic rings. The predicted octanol–water partition coefficient (Wildman–Crippen LogP) is 2.36. The van der Waals surface area contributed by atoms with Gasteiger partial charge in [0.05, 0.1) is 12.2 Å². The molecular weight excluding hydrogens is 264 g/mol. The Kier molecular flexibility index (Phi) is 3.31. The van der Waals surface area contributed by atoms with Crippen LogP contribution in [0.15, 0.2) is 18.2 Å². The third kappa shape index (κ3) is 2.40. The average molecular weight is 288 g/mol. The summed E-state index contributed by atoms with van der Waals surface area (Å²) in [5, 5.41) is 0. The van der Waals surface area contributed by atoms with Gasteiger partial charge in [0, 0.05) is 43.6 Å². The molecular formula is C17H24N2O2. The molecule has 114 valence electrons. The molecule has 0 bridgehead atoms. The molecule has 1 aromatic carbocycles. The van der Waals surface area contributed by atoms with Crippen LogP contribution in [-0.2, 0) is 15.9 Å². The highest BCUT2D eigenvalue weighted by atomic mass is 16.6. The average Bonchev–Trinajstić information content (AvgIpc) is 2.94. The van der Waals surface area contributed by atoms with Gasteiger partial charge in [0.1, 0.15) is 0 Å². The molecule has 0 aromatic heterocycles. The Bertz CT molecular complexity index is 526. The van der Waals surface area contributed by atoms with E-state index in [9.17, 15) is 0 Å². The first kappa shape index (κ1) is 13.4. The number of fused-ring (bicyclic) bond motifs is 1. The number of hydrogen-bond acceptors (Lipinski definition) is 4. The molecule has 3 aliphatic rings. The van der Waals surface area contributed by atoms with Crippen LogP contribution in [0.4, 0.5) is 11.4 Å². The van der Waals surface area contributed by atoms with Crippen molar-refractivity contribution in [3.05, 3.63) is 23.8 Å². The van der Waals surface area contributed by atoms with Crippen LogP contribution in [0.25, 0.3) is 0 Å². The molecule has 0 radical (unpaired) electrons. The molecule has 4 nitrogen and oxygen atoms in total. The van der Waals surface area contributed by atoms with Gasteiger partial charge in [-0.3, -0.25) is 0 Å². The van der Waals surface area contributed by atoms with Crippen LogP contribution >= 0.6 is 0 Å². The number of nitrogens with two attached hydrogens (primary N) is 1. The predicted molar refractivity (Wildman–Crippen MR) is 83.7 cm³/mol. The minimum absolute atomic E-state index is 0.0269. The normalized spacial score (nSPS) is 32.4. The number of nitrogens with zero attached hydrogens (tertiary/aromatic N) is 1. The minimum atomic E-state index is -0.0269. The molecule has 4 rings (SSSR count). The highest BCUT2D eigenvalue weighted by molar-refractivity contribution is 5.63. The quantitative estimate of drug-likeness (QED) is 0.806. The molecule has 2 atom stereocenters. The van der Waals surface area contributed by atoms with E-state index in [1.807, 2.05) is 6.07 Å². The lowest BCUT2D eigenvalue weighted by Crippen LogP contribution is -2.50. The van der Waals surface area contributed by atoms with Crippen LogP contribution in [0.5, 0.6) is 0 Å². The van der Waals surface area contributed by atoms with Gasteiger partial charge in [0.2, 0.25) is 0 Å². The Labute approximate surface area is 126 Å². The van der Waals surface area contributed by atoms with Gasteiger partial charge < -0.3 is 20.1 Å². The molecule has 3 aliphatic heterocycles. The Morgan fingerprint density at radius 1 is 1.29 bits per heavy atom. The van der Waals surface area contributed by atoms with Gasteiger partial charge in [-0.1, -0.05) is 6.07 Å². The summed E-state index contributed by atoms with van der Waals surface area (Å²) in [6, 6.07) is 6.94. The highest BCUT2D eigenvalue weighted by Crippen LogP contribution is 2.39. The fourth-order valence-electron chi connectivity index (χ4n) is 4.13. The Morgan fingerprint density at radius 2 is 2.24 bits per heavy atom. The summed E-state index contributed by atoms with van der Waals surface area (Å²) in [5.74, 6) is 0. The fraction of sp³-hybridized carbons (Fsp3) is 0.647. The summed E-state index contributed by atoms with van der Waals surface area (Å²) < 4.78 is 11.7. The molecule has 0 amide bonds. The van der Waals surface area contributed by atoms with Crippen molar-refractivity contribution in [1.82, 2.24) is 0 Å².